The van der Waals surface area contributed by atoms with E-state index in [1.807, 2.05) is 0 Å². The van der Waals surface area contributed by atoms with Gasteiger partial charge in [-0.15, -0.1) is 0 Å². The first kappa shape index (κ1) is 11.0. The summed E-state index contributed by atoms with van der Waals surface area (Å²) in [6.07, 6.45) is 0. The number of pyridine rings is 1. The van der Waals surface area contributed by atoms with Crippen LogP contribution in [0.4, 0.5) is 0 Å². The molecule has 3 nitrogen and oxygen atoms in total. The number of rotatable bonds is 3. The van der Waals surface area contributed by atoms with Crippen LogP contribution in [-0.2, 0) is 9.53 Å². The van der Waals surface area contributed by atoms with E-state index in [2.05, 4.69) is 4.98 Å². The number of halogens is 1. The van der Waals surface area contributed by atoms with Crippen molar-refractivity contribution in [3.8, 4) is 0 Å². The Morgan fingerprint density at radius 3 is 2.93 bits per heavy atom. The Bertz CT molecular complexity index is 328. The SMILES string of the molecule is CCOC(=O)C(C)c1cccc(Cl)n1. The van der Waals surface area contributed by atoms with E-state index >= 15 is 0 Å². The zero-order chi connectivity index (χ0) is 10.6. The van der Waals surface area contributed by atoms with E-state index in [9.17, 15) is 4.79 Å². The van der Waals surface area contributed by atoms with Crippen molar-refractivity contribution in [2.45, 2.75) is 19.8 Å². The number of hydrogen-bond acceptors (Lipinski definition) is 3. The summed E-state index contributed by atoms with van der Waals surface area (Å²) in [5.41, 5.74) is 0.635. The van der Waals surface area contributed by atoms with E-state index < -0.39 is 0 Å². The summed E-state index contributed by atoms with van der Waals surface area (Å²) in [6.45, 7) is 3.90. The summed E-state index contributed by atoms with van der Waals surface area (Å²) in [6, 6.07) is 5.19. The van der Waals surface area contributed by atoms with Gasteiger partial charge in [0.1, 0.15) is 5.15 Å². The molecule has 76 valence electrons. The molecular weight excluding hydrogens is 202 g/mol. The Kier molecular flexibility index (Phi) is 3.89. The number of carbonyl (C=O) groups excluding carboxylic acids is 1. The van der Waals surface area contributed by atoms with E-state index in [0.717, 1.165) is 0 Å². The van der Waals surface area contributed by atoms with Gasteiger partial charge in [0.25, 0.3) is 0 Å². The summed E-state index contributed by atoms with van der Waals surface area (Å²) in [4.78, 5) is 15.4. The molecule has 1 aromatic rings. The lowest BCUT2D eigenvalue weighted by Crippen LogP contribution is -2.14. The van der Waals surface area contributed by atoms with Gasteiger partial charge in [0.05, 0.1) is 18.2 Å². The number of aromatic nitrogens is 1. The van der Waals surface area contributed by atoms with Gasteiger partial charge >= 0.3 is 5.97 Å². The monoisotopic (exact) mass is 213 g/mol. The lowest BCUT2D eigenvalue weighted by molar-refractivity contribution is -0.144. The molecule has 1 atom stereocenters. The normalized spacial score (nSPS) is 12.2. The third-order valence-electron chi connectivity index (χ3n) is 1.82. The van der Waals surface area contributed by atoms with Crippen LogP contribution in [0.1, 0.15) is 25.5 Å². The van der Waals surface area contributed by atoms with Crippen LogP contribution in [0.25, 0.3) is 0 Å². The molecule has 0 aromatic carbocycles. The first-order valence-electron chi connectivity index (χ1n) is 4.44. The van der Waals surface area contributed by atoms with Crippen molar-refractivity contribution in [3.63, 3.8) is 0 Å². The van der Waals surface area contributed by atoms with Gasteiger partial charge in [0, 0.05) is 0 Å². The minimum absolute atomic E-state index is 0.276. The van der Waals surface area contributed by atoms with E-state index in [4.69, 9.17) is 16.3 Å². The van der Waals surface area contributed by atoms with E-state index in [0.29, 0.717) is 17.5 Å². The molecule has 0 spiro atoms. The van der Waals surface area contributed by atoms with E-state index in [-0.39, 0.29) is 11.9 Å². The minimum atomic E-state index is -0.367. The molecule has 1 unspecified atom stereocenters. The molecule has 1 rings (SSSR count). The topological polar surface area (TPSA) is 39.2 Å². The number of nitrogens with zero attached hydrogens (tertiary/aromatic N) is 1. The zero-order valence-electron chi connectivity index (χ0n) is 8.16. The molecule has 0 aliphatic heterocycles. The largest absolute Gasteiger partial charge is 0.465 e. The first-order chi connectivity index (χ1) is 6.65. The van der Waals surface area contributed by atoms with Crippen LogP contribution in [-0.4, -0.2) is 17.6 Å². The standard InChI is InChI=1S/C10H12ClNO2/c1-3-14-10(13)7(2)8-5-4-6-9(11)12-8/h4-7H,3H2,1-2H3. The predicted octanol–water partition coefficient (Wildman–Crippen LogP) is 2.40. The molecule has 0 fully saturated rings. The van der Waals surface area contributed by atoms with Crippen molar-refractivity contribution >= 4 is 17.6 Å². The smallest absolute Gasteiger partial charge is 0.314 e. The lowest BCUT2D eigenvalue weighted by atomic mass is 10.1. The summed E-state index contributed by atoms with van der Waals surface area (Å²) < 4.78 is 4.88. The second-order valence-electron chi connectivity index (χ2n) is 2.86. The van der Waals surface area contributed by atoms with E-state index in [1.54, 1.807) is 32.0 Å². The highest BCUT2D eigenvalue weighted by molar-refractivity contribution is 6.29. The average Bonchev–Trinajstić information content (AvgIpc) is 2.17. The number of ether oxygens (including phenoxy) is 1. The molecule has 0 bridgehead atoms. The van der Waals surface area contributed by atoms with Crippen LogP contribution in [0, 0.1) is 0 Å². The summed E-state index contributed by atoms with van der Waals surface area (Å²) in [5.74, 6) is -0.643. The van der Waals surface area contributed by atoms with Crippen molar-refractivity contribution < 1.29 is 9.53 Å². The summed E-state index contributed by atoms with van der Waals surface area (Å²) in [5, 5.41) is 0.388. The molecule has 1 heterocycles. The third kappa shape index (κ3) is 2.70. The van der Waals surface area contributed by atoms with Gasteiger partial charge in [-0.25, -0.2) is 4.98 Å². The van der Waals surface area contributed by atoms with Crippen LogP contribution < -0.4 is 0 Å². The zero-order valence-corrected chi connectivity index (χ0v) is 8.91. The van der Waals surface area contributed by atoms with Gasteiger partial charge in [-0.05, 0) is 26.0 Å². The van der Waals surface area contributed by atoms with Gasteiger partial charge in [0.2, 0.25) is 0 Å². The fourth-order valence-corrected chi connectivity index (χ4v) is 1.22. The quantitative estimate of drug-likeness (QED) is 0.572. The van der Waals surface area contributed by atoms with Crippen molar-refractivity contribution in [1.82, 2.24) is 4.98 Å². The fraction of sp³-hybridized carbons (Fsp3) is 0.400. The Balaban J connectivity index is 2.78. The lowest BCUT2D eigenvalue weighted by Gasteiger charge is -2.09. The second kappa shape index (κ2) is 4.96. The molecule has 0 amide bonds. The highest BCUT2D eigenvalue weighted by Crippen LogP contribution is 2.16. The average molecular weight is 214 g/mol. The highest BCUT2D eigenvalue weighted by atomic mass is 35.5. The molecule has 0 radical (unpaired) electrons. The number of esters is 1. The molecule has 0 aliphatic rings. The van der Waals surface area contributed by atoms with Crippen LogP contribution in [0.15, 0.2) is 18.2 Å². The van der Waals surface area contributed by atoms with Crippen molar-refractivity contribution in [2.24, 2.45) is 0 Å². The predicted molar refractivity (Wildman–Crippen MR) is 54.3 cm³/mol. The maximum atomic E-state index is 11.3. The van der Waals surface area contributed by atoms with Crippen LogP contribution in [0.5, 0.6) is 0 Å². The van der Waals surface area contributed by atoms with Crippen molar-refractivity contribution in [3.05, 3.63) is 29.0 Å². The van der Waals surface area contributed by atoms with Gasteiger partial charge in [-0.1, -0.05) is 17.7 Å². The number of carbonyl (C=O) groups is 1. The summed E-state index contributed by atoms with van der Waals surface area (Å²) >= 11 is 5.71. The van der Waals surface area contributed by atoms with Crippen LogP contribution >= 0.6 is 11.6 Å². The van der Waals surface area contributed by atoms with Crippen molar-refractivity contribution in [2.75, 3.05) is 6.61 Å². The van der Waals surface area contributed by atoms with Crippen molar-refractivity contribution in [1.29, 1.82) is 0 Å². The molecule has 4 heteroatoms. The van der Waals surface area contributed by atoms with Crippen LogP contribution in [0.3, 0.4) is 0 Å². The maximum absolute atomic E-state index is 11.3. The second-order valence-corrected chi connectivity index (χ2v) is 3.25. The van der Waals surface area contributed by atoms with E-state index in [1.165, 1.54) is 0 Å². The Hall–Kier alpha value is -1.09. The van der Waals surface area contributed by atoms with Crippen LogP contribution in [0.2, 0.25) is 5.15 Å². The molecule has 14 heavy (non-hydrogen) atoms. The maximum Gasteiger partial charge on any atom is 0.314 e. The highest BCUT2D eigenvalue weighted by Gasteiger charge is 2.17. The molecule has 0 saturated carbocycles. The number of hydrogen-bond donors (Lipinski definition) is 0. The third-order valence-corrected chi connectivity index (χ3v) is 2.03. The summed E-state index contributed by atoms with van der Waals surface area (Å²) in [7, 11) is 0. The van der Waals surface area contributed by atoms with Gasteiger partial charge in [-0.2, -0.15) is 0 Å². The van der Waals surface area contributed by atoms with Gasteiger partial charge < -0.3 is 4.74 Å². The Morgan fingerprint density at radius 2 is 2.36 bits per heavy atom. The fourth-order valence-electron chi connectivity index (χ4n) is 1.05. The molecule has 1 aromatic heterocycles. The van der Waals surface area contributed by atoms with Gasteiger partial charge in [0.15, 0.2) is 0 Å². The molecule has 0 N–H and O–H groups in total. The first-order valence-corrected chi connectivity index (χ1v) is 4.82. The molecular formula is C10H12ClNO2. The van der Waals surface area contributed by atoms with Gasteiger partial charge in [-0.3, -0.25) is 4.79 Å². The Morgan fingerprint density at radius 1 is 1.64 bits per heavy atom. The minimum Gasteiger partial charge on any atom is -0.465 e. The Labute approximate surface area is 88.1 Å². The molecule has 0 aliphatic carbocycles. The molecule has 0 saturated heterocycles.